The summed E-state index contributed by atoms with van der Waals surface area (Å²) in [6.07, 6.45) is 1.72. The molecule has 1 aromatic rings. The second-order valence-corrected chi connectivity index (χ2v) is 5.53. The molecule has 1 heterocycles. The molecule has 0 radical (unpaired) electrons. The van der Waals surface area contributed by atoms with E-state index in [0.29, 0.717) is 12.5 Å². The Bertz CT molecular complexity index is 404. The van der Waals surface area contributed by atoms with Crippen LogP contribution in [0.1, 0.15) is 24.5 Å². The fourth-order valence-corrected chi connectivity index (χ4v) is 2.78. The van der Waals surface area contributed by atoms with Crippen molar-refractivity contribution in [1.82, 2.24) is 4.90 Å². The molecule has 112 valence electrons. The first-order valence-corrected chi connectivity index (χ1v) is 7.28. The highest BCUT2D eigenvalue weighted by Gasteiger charge is 2.19. The molecule has 20 heavy (non-hydrogen) atoms. The predicted octanol–water partition coefficient (Wildman–Crippen LogP) is 2.09. The van der Waals surface area contributed by atoms with Gasteiger partial charge in [0.25, 0.3) is 0 Å². The molecule has 0 spiro atoms. The summed E-state index contributed by atoms with van der Waals surface area (Å²) < 4.78 is 10.7. The number of aliphatic hydroxyl groups excluding tert-OH is 1. The van der Waals surface area contributed by atoms with E-state index >= 15 is 0 Å². The minimum Gasteiger partial charge on any atom is -0.496 e. The summed E-state index contributed by atoms with van der Waals surface area (Å²) in [5.74, 6) is 1.43. The minimum absolute atomic E-state index is 0.518. The lowest BCUT2D eigenvalue weighted by atomic mass is 9.99. The second kappa shape index (κ2) is 7.62. The zero-order valence-corrected chi connectivity index (χ0v) is 12.4. The van der Waals surface area contributed by atoms with E-state index in [0.717, 1.165) is 43.9 Å². The van der Waals surface area contributed by atoms with Gasteiger partial charge >= 0.3 is 0 Å². The van der Waals surface area contributed by atoms with Gasteiger partial charge in [-0.1, -0.05) is 18.2 Å². The molecule has 4 nitrogen and oxygen atoms in total. The zero-order chi connectivity index (χ0) is 14.4. The highest BCUT2D eigenvalue weighted by atomic mass is 16.5. The highest BCUT2D eigenvalue weighted by molar-refractivity contribution is 5.35. The molecular weight excluding hydrogens is 254 g/mol. The van der Waals surface area contributed by atoms with Crippen molar-refractivity contribution in [2.45, 2.75) is 18.9 Å². The van der Waals surface area contributed by atoms with Gasteiger partial charge in [-0.15, -0.1) is 0 Å². The first-order valence-electron chi connectivity index (χ1n) is 7.28. The van der Waals surface area contributed by atoms with E-state index in [-0.39, 0.29) is 0 Å². The summed E-state index contributed by atoms with van der Waals surface area (Å²) in [4.78, 5) is 2.20. The number of aliphatic hydroxyl groups is 1. The highest BCUT2D eigenvalue weighted by Crippen LogP contribution is 2.25. The molecule has 2 rings (SSSR count). The van der Waals surface area contributed by atoms with Crippen molar-refractivity contribution >= 4 is 0 Å². The Kier molecular flexibility index (Phi) is 5.83. The van der Waals surface area contributed by atoms with Crippen LogP contribution in [0.2, 0.25) is 0 Å². The Morgan fingerprint density at radius 3 is 2.75 bits per heavy atom. The number of hydrogen-bond acceptors (Lipinski definition) is 4. The molecular formula is C16H25NO3. The quantitative estimate of drug-likeness (QED) is 0.866. The number of methoxy groups -OCH3 is 1. The maximum Gasteiger partial charge on any atom is 0.124 e. The van der Waals surface area contributed by atoms with Gasteiger partial charge in [0.1, 0.15) is 5.75 Å². The monoisotopic (exact) mass is 279 g/mol. The van der Waals surface area contributed by atoms with Crippen LogP contribution in [-0.4, -0.2) is 50.5 Å². The predicted molar refractivity (Wildman–Crippen MR) is 79.0 cm³/mol. The average Bonchev–Trinajstić information content (AvgIpc) is 2.48. The average molecular weight is 279 g/mol. The van der Waals surface area contributed by atoms with Gasteiger partial charge in [0.15, 0.2) is 0 Å². The third-order valence-corrected chi connectivity index (χ3v) is 3.89. The lowest BCUT2D eigenvalue weighted by molar-refractivity contribution is 0.0475. The molecule has 4 heteroatoms. The SMILES string of the molecule is COc1ccccc1C(O)CN(C)CC1CCOCC1. The molecule has 1 unspecified atom stereocenters. The van der Waals surface area contributed by atoms with Crippen LogP contribution in [0, 0.1) is 5.92 Å². The molecule has 1 aliphatic heterocycles. The molecule has 0 aromatic heterocycles. The lowest BCUT2D eigenvalue weighted by Crippen LogP contribution is -2.32. The number of ether oxygens (including phenoxy) is 2. The zero-order valence-electron chi connectivity index (χ0n) is 12.4. The lowest BCUT2D eigenvalue weighted by Gasteiger charge is -2.28. The molecule has 1 fully saturated rings. The van der Waals surface area contributed by atoms with E-state index in [2.05, 4.69) is 11.9 Å². The van der Waals surface area contributed by atoms with E-state index < -0.39 is 6.10 Å². The summed E-state index contributed by atoms with van der Waals surface area (Å²) >= 11 is 0. The van der Waals surface area contributed by atoms with Crippen molar-refractivity contribution in [3.8, 4) is 5.75 Å². The van der Waals surface area contributed by atoms with E-state index in [1.165, 1.54) is 0 Å². The Labute approximate surface area is 121 Å². The van der Waals surface area contributed by atoms with Crippen molar-refractivity contribution in [2.75, 3.05) is 40.5 Å². The Hall–Kier alpha value is -1.10. The summed E-state index contributed by atoms with van der Waals surface area (Å²) in [6, 6.07) is 7.66. The smallest absolute Gasteiger partial charge is 0.124 e. The third kappa shape index (κ3) is 4.20. The maximum atomic E-state index is 10.4. The molecule has 1 N–H and O–H groups in total. The van der Waals surface area contributed by atoms with Gasteiger partial charge in [-0.3, -0.25) is 0 Å². The molecule has 0 bridgehead atoms. The molecule has 1 aliphatic rings. The van der Waals surface area contributed by atoms with Gasteiger partial charge in [0, 0.05) is 31.9 Å². The van der Waals surface area contributed by atoms with Crippen molar-refractivity contribution in [2.24, 2.45) is 5.92 Å². The van der Waals surface area contributed by atoms with Crippen LogP contribution in [0.15, 0.2) is 24.3 Å². The van der Waals surface area contributed by atoms with E-state index in [1.54, 1.807) is 7.11 Å². The topological polar surface area (TPSA) is 41.9 Å². The second-order valence-electron chi connectivity index (χ2n) is 5.53. The first kappa shape index (κ1) is 15.3. The summed E-state index contributed by atoms with van der Waals surface area (Å²) in [5.41, 5.74) is 0.855. The number of rotatable bonds is 6. The normalized spacial score (nSPS) is 18.2. The van der Waals surface area contributed by atoms with E-state index in [9.17, 15) is 5.11 Å². The number of likely N-dealkylation sites (N-methyl/N-ethyl adjacent to an activating group) is 1. The van der Waals surface area contributed by atoms with Gasteiger partial charge < -0.3 is 19.5 Å². The fourth-order valence-electron chi connectivity index (χ4n) is 2.78. The molecule has 1 atom stereocenters. The largest absolute Gasteiger partial charge is 0.496 e. The van der Waals surface area contributed by atoms with Crippen LogP contribution in [-0.2, 0) is 4.74 Å². The molecule has 1 saturated heterocycles. The van der Waals surface area contributed by atoms with E-state index in [1.807, 2.05) is 24.3 Å². The van der Waals surface area contributed by atoms with Crippen LogP contribution in [0.5, 0.6) is 5.75 Å². The standard InChI is InChI=1S/C16H25NO3/c1-17(11-13-7-9-20-10-8-13)12-15(18)14-5-3-4-6-16(14)19-2/h3-6,13,15,18H,7-12H2,1-2H3. The number of benzene rings is 1. The number of nitrogens with zero attached hydrogens (tertiary/aromatic N) is 1. The molecule has 0 amide bonds. The summed E-state index contributed by atoms with van der Waals surface area (Å²) in [5, 5.41) is 10.4. The van der Waals surface area contributed by atoms with Crippen molar-refractivity contribution in [3.05, 3.63) is 29.8 Å². The first-order chi connectivity index (χ1) is 9.70. The third-order valence-electron chi connectivity index (χ3n) is 3.89. The van der Waals surface area contributed by atoms with Crippen LogP contribution in [0.3, 0.4) is 0 Å². The van der Waals surface area contributed by atoms with Gasteiger partial charge in [0.2, 0.25) is 0 Å². The summed E-state index contributed by atoms with van der Waals surface area (Å²) in [6.45, 7) is 3.37. The van der Waals surface area contributed by atoms with Crippen LogP contribution in [0.4, 0.5) is 0 Å². The van der Waals surface area contributed by atoms with Gasteiger partial charge in [-0.2, -0.15) is 0 Å². The van der Waals surface area contributed by atoms with Gasteiger partial charge in [-0.05, 0) is 31.9 Å². The fraction of sp³-hybridized carbons (Fsp3) is 0.625. The Morgan fingerprint density at radius 2 is 2.05 bits per heavy atom. The molecule has 0 saturated carbocycles. The summed E-state index contributed by atoms with van der Waals surface area (Å²) in [7, 11) is 3.70. The molecule has 0 aliphatic carbocycles. The minimum atomic E-state index is -0.518. The van der Waals surface area contributed by atoms with Crippen molar-refractivity contribution in [3.63, 3.8) is 0 Å². The van der Waals surface area contributed by atoms with Crippen LogP contribution in [0.25, 0.3) is 0 Å². The number of para-hydroxylation sites is 1. The van der Waals surface area contributed by atoms with Gasteiger partial charge in [0.05, 0.1) is 13.2 Å². The Morgan fingerprint density at radius 1 is 1.35 bits per heavy atom. The number of hydrogen-bond donors (Lipinski definition) is 1. The van der Waals surface area contributed by atoms with E-state index in [4.69, 9.17) is 9.47 Å². The van der Waals surface area contributed by atoms with Crippen LogP contribution >= 0.6 is 0 Å². The maximum absolute atomic E-state index is 10.4. The van der Waals surface area contributed by atoms with Crippen molar-refractivity contribution < 1.29 is 14.6 Å². The van der Waals surface area contributed by atoms with Crippen LogP contribution < -0.4 is 4.74 Å². The van der Waals surface area contributed by atoms with Gasteiger partial charge in [-0.25, -0.2) is 0 Å². The molecule has 1 aromatic carbocycles. The Balaban J connectivity index is 1.87. The van der Waals surface area contributed by atoms with Crippen molar-refractivity contribution in [1.29, 1.82) is 0 Å².